The number of anilines is 1. The molecule has 0 aliphatic carbocycles. The minimum atomic E-state index is -1.50. The molecule has 1 amide bonds. The summed E-state index contributed by atoms with van der Waals surface area (Å²) in [6.45, 7) is 11.1. The number of nitrogens with one attached hydrogen (secondary N) is 4. The van der Waals surface area contributed by atoms with Gasteiger partial charge in [0, 0.05) is 22.9 Å². The third-order valence-corrected chi connectivity index (χ3v) is 13.4. The Bertz CT molecular complexity index is 2980. The Labute approximate surface area is 475 Å². The number of amides is 1. The number of ether oxygens (including phenoxy) is 2. The second-order valence-electron chi connectivity index (χ2n) is 20.8. The molecule has 0 bridgehead atoms. The molecule has 432 valence electrons. The van der Waals surface area contributed by atoms with Crippen LogP contribution in [0.3, 0.4) is 0 Å². The number of hydrogen-bond acceptors (Lipinski definition) is 15. The highest BCUT2D eigenvalue weighted by Crippen LogP contribution is 2.27. The predicted octanol–water partition coefficient (Wildman–Crippen LogP) is 9.00. The van der Waals surface area contributed by atoms with Gasteiger partial charge in [0.2, 0.25) is 5.91 Å². The van der Waals surface area contributed by atoms with E-state index in [1.54, 1.807) is 24.6 Å². The third-order valence-electron chi connectivity index (χ3n) is 12.7. The molecule has 4 aromatic carbocycles. The van der Waals surface area contributed by atoms with Gasteiger partial charge in [-0.05, 0) is 103 Å². The maximum absolute atomic E-state index is 13.5. The van der Waals surface area contributed by atoms with Crippen LogP contribution in [0.1, 0.15) is 89.7 Å². The lowest BCUT2D eigenvalue weighted by Gasteiger charge is -2.26. The number of rotatable bonds is 30. The number of thiazole rings is 1. The van der Waals surface area contributed by atoms with Crippen molar-refractivity contribution in [3.63, 3.8) is 0 Å². The van der Waals surface area contributed by atoms with E-state index in [0.29, 0.717) is 23.6 Å². The molecule has 0 saturated carbocycles. The normalized spacial score (nSPS) is 13.5. The van der Waals surface area contributed by atoms with Gasteiger partial charge in [0.15, 0.2) is 5.13 Å². The van der Waals surface area contributed by atoms with E-state index in [0.717, 1.165) is 40.0 Å². The monoisotopic (exact) mass is 1130 g/mol. The van der Waals surface area contributed by atoms with Crippen molar-refractivity contribution in [2.24, 2.45) is 17.8 Å². The molecule has 6 atom stereocenters. The number of nitrogens with zero attached hydrogens (tertiary/aromatic N) is 1. The zero-order valence-electron chi connectivity index (χ0n) is 46.5. The summed E-state index contributed by atoms with van der Waals surface area (Å²) in [5.41, 5.74) is 5.32. The van der Waals surface area contributed by atoms with Crippen molar-refractivity contribution in [3.05, 3.63) is 149 Å². The van der Waals surface area contributed by atoms with Gasteiger partial charge in [0.05, 0.1) is 19.2 Å². The molecule has 0 aliphatic heterocycles. The first-order valence-corrected chi connectivity index (χ1v) is 27.6. The van der Waals surface area contributed by atoms with Gasteiger partial charge in [0.1, 0.15) is 53.5 Å². The molecule has 0 spiro atoms. The van der Waals surface area contributed by atoms with Gasteiger partial charge in [-0.3, -0.25) is 39.9 Å². The second-order valence-corrected chi connectivity index (χ2v) is 21.7. The van der Waals surface area contributed by atoms with Crippen molar-refractivity contribution in [1.29, 1.82) is 0 Å². The average Bonchev–Trinajstić information content (AvgIpc) is 4.11. The number of carbonyl (C=O) groups is 7. The first-order valence-electron chi connectivity index (χ1n) is 26.7. The first kappa shape index (κ1) is 63.8. The Hall–Kier alpha value is -8.04. The fourth-order valence-corrected chi connectivity index (χ4v) is 9.37. The van der Waals surface area contributed by atoms with E-state index in [4.69, 9.17) is 13.9 Å². The summed E-state index contributed by atoms with van der Waals surface area (Å²) in [6, 6.07) is 30.6. The van der Waals surface area contributed by atoms with Crippen LogP contribution >= 0.6 is 11.3 Å². The molecule has 6 rings (SSSR count). The second kappa shape index (κ2) is 31.7. The molecule has 19 nitrogen and oxygen atoms in total. The van der Waals surface area contributed by atoms with Crippen LogP contribution in [-0.4, -0.2) is 110 Å². The Balaban J connectivity index is 0.000000373. The topological polar surface area (TPSA) is 293 Å². The Morgan fingerprint density at radius 2 is 1.01 bits per heavy atom. The summed E-state index contributed by atoms with van der Waals surface area (Å²) < 4.78 is 16.2. The lowest BCUT2D eigenvalue weighted by atomic mass is 9.98. The quantitative estimate of drug-likeness (QED) is 0.0154. The van der Waals surface area contributed by atoms with Crippen molar-refractivity contribution in [2.75, 3.05) is 12.4 Å². The van der Waals surface area contributed by atoms with Gasteiger partial charge in [-0.25, -0.2) is 14.6 Å². The van der Waals surface area contributed by atoms with Crippen molar-refractivity contribution in [3.8, 4) is 28.3 Å². The molecule has 81 heavy (non-hydrogen) atoms. The highest BCUT2D eigenvalue weighted by atomic mass is 32.1. The smallest absolute Gasteiger partial charge is 0.330 e. The molecule has 20 heteroatoms. The van der Waals surface area contributed by atoms with Crippen LogP contribution in [0.2, 0.25) is 0 Å². The van der Waals surface area contributed by atoms with Crippen LogP contribution < -0.4 is 26.0 Å². The van der Waals surface area contributed by atoms with Crippen LogP contribution in [-0.2, 0) is 57.6 Å². The fourth-order valence-electron chi connectivity index (χ4n) is 8.63. The zero-order valence-corrected chi connectivity index (χ0v) is 47.3. The highest BCUT2D eigenvalue weighted by molar-refractivity contribution is 7.14. The first-order chi connectivity index (χ1) is 38.6. The number of aliphatic carboxylic acids is 4. The van der Waals surface area contributed by atoms with Crippen LogP contribution in [0.4, 0.5) is 5.13 Å². The fraction of sp³-hybridized carbons (Fsp3) is 0.377. The Kier molecular flexibility index (Phi) is 24.9. The molecule has 0 saturated heterocycles. The zero-order chi connectivity index (χ0) is 59.2. The lowest BCUT2D eigenvalue weighted by Crippen LogP contribution is -2.52. The van der Waals surface area contributed by atoms with E-state index < -0.39 is 84.4 Å². The molecule has 0 radical (unpaired) electrons. The summed E-state index contributed by atoms with van der Waals surface area (Å²) in [5, 5.41) is 51.9. The van der Waals surface area contributed by atoms with Crippen molar-refractivity contribution in [1.82, 2.24) is 20.9 Å². The third kappa shape index (κ3) is 21.5. The van der Waals surface area contributed by atoms with Gasteiger partial charge < -0.3 is 39.6 Å². The molecule has 2 heterocycles. The number of hydrogen-bond donors (Lipinski definition) is 8. The van der Waals surface area contributed by atoms with Gasteiger partial charge in [-0.2, -0.15) is 0 Å². The van der Waals surface area contributed by atoms with E-state index in [9.17, 15) is 54.0 Å². The van der Waals surface area contributed by atoms with E-state index in [-0.39, 0.29) is 48.6 Å². The molecule has 2 aromatic heterocycles. The van der Waals surface area contributed by atoms with Gasteiger partial charge in [-0.15, -0.1) is 11.3 Å². The largest absolute Gasteiger partial charge is 0.497 e. The number of methoxy groups -OCH3 is 1. The number of aromatic nitrogens is 1. The Morgan fingerprint density at radius 3 is 1.54 bits per heavy atom. The van der Waals surface area contributed by atoms with E-state index in [1.165, 1.54) is 11.3 Å². The van der Waals surface area contributed by atoms with Gasteiger partial charge >= 0.3 is 35.8 Å². The van der Waals surface area contributed by atoms with Crippen LogP contribution in [0, 0.1) is 17.8 Å². The van der Waals surface area contributed by atoms with Gasteiger partial charge in [0.25, 0.3) is 0 Å². The molecule has 6 unspecified atom stereocenters. The predicted molar refractivity (Wildman–Crippen MR) is 307 cm³/mol. The number of furan rings is 1. The number of carbonyl (C=O) groups excluding carboxylic acids is 3. The number of benzene rings is 4. The summed E-state index contributed by atoms with van der Waals surface area (Å²) in [6.07, 6.45) is 0.941. The average molecular weight is 1130 g/mol. The minimum absolute atomic E-state index is 0.0490. The van der Waals surface area contributed by atoms with E-state index in [2.05, 4.69) is 26.3 Å². The summed E-state index contributed by atoms with van der Waals surface area (Å²) >= 11 is 1.19. The van der Waals surface area contributed by atoms with Crippen molar-refractivity contribution < 1.29 is 67.9 Å². The van der Waals surface area contributed by atoms with E-state index in [1.807, 2.05) is 151 Å². The lowest BCUT2D eigenvalue weighted by molar-refractivity contribution is -0.164. The Morgan fingerprint density at radius 1 is 0.531 bits per heavy atom. The van der Waals surface area contributed by atoms with Crippen molar-refractivity contribution >= 4 is 58.2 Å². The maximum atomic E-state index is 13.5. The van der Waals surface area contributed by atoms with Crippen LogP contribution in [0.5, 0.6) is 5.75 Å². The SMILES string of the molecule is CC(C)CC(NC(CC(=O)Nc1nc(-c2ccccc2)cs1)C(=O)O)C(=O)OC(=O)C(CC(C)C)NC(Cc1ccc(Cc2ccccc2)cc1)C(=O)O.COc1ccc(-c2ccc(CC(NC(CC(C)C)C(=O)O)C(=O)O)o2)cc1. The molecule has 6 aromatic rings. The maximum Gasteiger partial charge on any atom is 0.330 e. The highest BCUT2D eigenvalue weighted by Gasteiger charge is 2.35. The number of carboxylic acid groups (broad SMARTS) is 4. The van der Waals surface area contributed by atoms with Gasteiger partial charge in [-0.1, -0.05) is 126 Å². The standard InChI is InChI=1S/C41H48N4O8S.C20H25NO6/c1-25(2)19-33(42-31(37(47)48)22-29-17-15-28(16-18-29)21-27-11-7-5-8-12-27)39(51)53-40(52)34(20-26(3)4)43-32(38(49)50)23-36(46)45-41-44-35(24-54-41)30-13-9-6-10-14-30;1-12(2)10-16(19(22)23)21-17(20(24)25)11-15-8-9-18(27-15)13-4-6-14(26-3)7-5-13/h5-18,24-26,31-34,42-43H,19-23H2,1-4H3,(H,47,48)(H,49,50)(H,44,45,46);4-9,12,16-17,21H,10-11H2,1-3H3,(H,22,23)(H,24,25). The molecule has 0 aliphatic rings. The molecular weight excluding hydrogens is 1060 g/mol. The van der Waals surface area contributed by atoms with Crippen molar-refractivity contribution in [2.45, 2.75) is 123 Å². The van der Waals surface area contributed by atoms with Crippen LogP contribution in [0.25, 0.3) is 22.6 Å². The van der Waals surface area contributed by atoms with Crippen LogP contribution in [0.15, 0.2) is 131 Å². The number of esters is 2. The molecule has 8 N–H and O–H groups in total. The minimum Gasteiger partial charge on any atom is -0.497 e. The van der Waals surface area contributed by atoms with E-state index >= 15 is 0 Å². The molecule has 0 fully saturated rings. The molecular formula is C61H73N5O14S. The summed E-state index contributed by atoms with van der Waals surface area (Å²) in [5.74, 6) is -5.64. The summed E-state index contributed by atoms with van der Waals surface area (Å²) in [4.78, 5) is 91.9. The number of carboxylic acids is 4. The summed E-state index contributed by atoms with van der Waals surface area (Å²) in [7, 11) is 1.59.